The van der Waals surface area contributed by atoms with E-state index in [1.165, 1.54) is 12.1 Å². The highest BCUT2D eigenvalue weighted by Crippen LogP contribution is 2.03. The predicted molar refractivity (Wildman–Crippen MR) is 81.6 cm³/mol. The molecule has 0 saturated carbocycles. The van der Waals surface area contributed by atoms with Crippen molar-refractivity contribution in [2.75, 3.05) is 13.1 Å². The molecule has 0 radical (unpaired) electrons. The van der Waals surface area contributed by atoms with E-state index in [9.17, 15) is 14.0 Å². The van der Waals surface area contributed by atoms with Gasteiger partial charge in [0, 0.05) is 12.6 Å². The number of hydrogen-bond donors (Lipinski definition) is 3. The normalized spacial score (nSPS) is 11.2. The number of hydrogen-bond acceptors (Lipinski definition) is 3. The molecule has 0 aromatic heterocycles. The highest BCUT2D eigenvalue weighted by atomic mass is 35.5. The van der Waals surface area contributed by atoms with E-state index in [2.05, 4.69) is 10.6 Å². The number of nitrogens with two attached hydrogens (primary N) is 1. The van der Waals surface area contributed by atoms with E-state index >= 15 is 0 Å². The van der Waals surface area contributed by atoms with Crippen LogP contribution in [0, 0.1) is 5.82 Å². The minimum absolute atomic E-state index is 0. The molecule has 0 heterocycles. The van der Waals surface area contributed by atoms with Crippen molar-refractivity contribution in [2.45, 2.75) is 25.8 Å². The van der Waals surface area contributed by atoms with Crippen molar-refractivity contribution >= 4 is 24.2 Å². The summed E-state index contributed by atoms with van der Waals surface area (Å²) in [5.74, 6) is -0.972. The molecule has 1 aromatic carbocycles. The first-order valence-electron chi connectivity index (χ1n) is 6.51. The molecule has 1 unspecified atom stereocenters. The minimum atomic E-state index is -0.385. The summed E-state index contributed by atoms with van der Waals surface area (Å²) in [5.41, 5.74) is 6.12. The fraction of sp³-hybridized carbons (Fsp3) is 0.429. The van der Waals surface area contributed by atoms with Crippen LogP contribution < -0.4 is 16.4 Å². The molecule has 7 heteroatoms. The van der Waals surface area contributed by atoms with E-state index in [0.29, 0.717) is 18.5 Å². The van der Waals surface area contributed by atoms with Gasteiger partial charge < -0.3 is 16.4 Å². The van der Waals surface area contributed by atoms with Gasteiger partial charge in [-0.3, -0.25) is 9.59 Å². The third kappa shape index (κ3) is 8.99. The Morgan fingerprint density at radius 2 is 2.00 bits per heavy atom. The summed E-state index contributed by atoms with van der Waals surface area (Å²) >= 11 is 0. The molecular weight excluding hydrogens is 297 g/mol. The molecule has 0 aliphatic carbocycles. The third-order valence-electron chi connectivity index (χ3n) is 2.62. The van der Waals surface area contributed by atoms with Crippen molar-refractivity contribution in [3.8, 4) is 0 Å². The summed E-state index contributed by atoms with van der Waals surface area (Å²) in [5, 5.41) is 5.13. The minimum Gasteiger partial charge on any atom is -0.355 e. The number of benzene rings is 1. The number of carbonyl (C=O) groups excluding carboxylic acids is 2. The first kappa shape index (κ1) is 19.3. The van der Waals surface area contributed by atoms with Crippen molar-refractivity contribution in [1.82, 2.24) is 10.6 Å². The summed E-state index contributed by atoms with van der Waals surface area (Å²) in [6.45, 7) is 2.25. The van der Waals surface area contributed by atoms with Crippen molar-refractivity contribution in [2.24, 2.45) is 5.73 Å². The molecule has 0 fully saturated rings. The topological polar surface area (TPSA) is 84.2 Å². The molecule has 5 nitrogen and oxygen atoms in total. The van der Waals surface area contributed by atoms with Gasteiger partial charge in [-0.25, -0.2) is 4.39 Å². The van der Waals surface area contributed by atoms with E-state index in [4.69, 9.17) is 5.73 Å². The fourth-order valence-corrected chi connectivity index (χ4v) is 1.58. The highest BCUT2D eigenvalue weighted by Gasteiger charge is 2.07. The molecule has 0 spiro atoms. The first-order valence-corrected chi connectivity index (χ1v) is 6.51. The van der Waals surface area contributed by atoms with Gasteiger partial charge in [0.2, 0.25) is 11.8 Å². The lowest BCUT2D eigenvalue weighted by Crippen LogP contribution is -2.38. The van der Waals surface area contributed by atoms with E-state index in [0.717, 1.165) is 0 Å². The van der Waals surface area contributed by atoms with Gasteiger partial charge in [0.15, 0.2) is 0 Å². The Labute approximate surface area is 129 Å². The zero-order valence-electron chi connectivity index (χ0n) is 11.9. The largest absolute Gasteiger partial charge is 0.355 e. The van der Waals surface area contributed by atoms with Gasteiger partial charge in [-0.05, 0) is 31.0 Å². The number of nitrogens with one attached hydrogen (secondary N) is 2. The van der Waals surface area contributed by atoms with Crippen LogP contribution in [0.4, 0.5) is 4.39 Å². The zero-order valence-corrected chi connectivity index (χ0v) is 12.7. The Hall–Kier alpha value is -1.66. The maximum atomic E-state index is 12.9. The summed E-state index contributed by atoms with van der Waals surface area (Å²) in [6.07, 6.45) is 0.730. The Morgan fingerprint density at radius 3 is 2.62 bits per heavy atom. The SMILES string of the molecule is CC(N)CCNC(=O)CNC(=O)Cc1cccc(F)c1.Cl. The number of amides is 2. The van der Waals surface area contributed by atoms with E-state index in [1.54, 1.807) is 12.1 Å². The molecule has 0 saturated heterocycles. The molecule has 1 atom stereocenters. The van der Waals surface area contributed by atoms with Crippen LogP contribution in [0.1, 0.15) is 18.9 Å². The summed E-state index contributed by atoms with van der Waals surface area (Å²) in [6, 6.07) is 5.83. The maximum absolute atomic E-state index is 12.9. The van der Waals surface area contributed by atoms with Crippen LogP contribution in [0.3, 0.4) is 0 Å². The van der Waals surface area contributed by atoms with Crippen LogP contribution in [-0.4, -0.2) is 30.9 Å². The molecular formula is C14H21ClFN3O2. The summed E-state index contributed by atoms with van der Waals surface area (Å²) in [7, 11) is 0. The lowest BCUT2D eigenvalue weighted by atomic mass is 10.1. The fourth-order valence-electron chi connectivity index (χ4n) is 1.58. The molecule has 0 aliphatic heterocycles. The first-order chi connectivity index (χ1) is 9.47. The quantitative estimate of drug-likeness (QED) is 0.694. The van der Waals surface area contributed by atoms with Gasteiger partial charge in [-0.15, -0.1) is 12.4 Å². The van der Waals surface area contributed by atoms with Gasteiger partial charge in [-0.2, -0.15) is 0 Å². The van der Waals surface area contributed by atoms with Gasteiger partial charge in [0.05, 0.1) is 13.0 Å². The molecule has 0 aliphatic rings. The van der Waals surface area contributed by atoms with E-state index in [1.807, 2.05) is 6.92 Å². The van der Waals surface area contributed by atoms with Crippen LogP contribution in [0.5, 0.6) is 0 Å². The molecule has 2 amide bonds. The van der Waals surface area contributed by atoms with Crippen LogP contribution >= 0.6 is 12.4 Å². The molecule has 118 valence electrons. The zero-order chi connectivity index (χ0) is 15.0. The average Bonchev–Trinajstić information content (AvgIpc) is 2.36. The molecule has 4 N–H and O–H groups in total. The molecule has 1 aromatic rings. The van der Waals surface area contributed by atoms with Crippen LogP contribution in [-0.2, 0) is 16.0 Å². The van der Waals surface area contributed by atoms with Crippen molar-refractivity contribution < 1.29 is 14.0 Å². The monoisotopic (exact) mass is 317 g/mol. The van der Waals surface area contributed by atoms with Gasteiger partial charge in [0.1, 0.15) is 5.82 Å². The van der Waals surface area contributed by atoms with Gasteiger partial charge >= 0.3 is 0 Å². The van der Waals surface area contributed by atoms with Crippen molar-refractivity contribution in [3.63, 3.8) is 0 Å². The van der Waals surface area contributed by atoms with Crippen molar-refractivity contribution in [1.29, 1.82) is 0 Å². The second-order valence-electron chi connectivity index (χ2n) is 4.70. The second kappa shape index (κ2) is 10.1. The van der Waals surface area contributed by atoms with E-state index < -0.39 is 0 Å². The number of halogens is 2. The lowest BCUT2D eigenvalue weighted by Gasteiger charge is -2.08. The van der Waals surface area contributed by atoms with Crippen molar-refractivity contribution in [3.05, 3.63) is 35.6 Å². The number of carbonyl (C=O) groups is 2. The number of rotatable bonds is 7. The molecule has 21 heavy (non-hydrogen) atoms. The Kier molecular flexibility index (Phi) is 9.32. The predicted octanol–water partition coefficient (Wildman–Crippen LogP) is 0.760. The third-order valence-corrected chi connectivity index (χ3v) is 2.62. The van der Waals surface area contributed by atoms with Crippen LogP contribution in [0.15, 0.2) is 24.3 Å². The Balaban J connectivity index is 0.00000400. The van der Waals surface area contributed by atoms with Gasteiger partial charge in [0.25, 0.3) is 0 Å². The Morgan fingerprint density at radius 1 is 1.29 bits per heavy atom. The second-order valence-corrected chi connectivity index (χ2v) is 4.70. The Bertz CT molecular complexity index is 469. The maximum Gasteiger partial charge on any atom is 0.239 e. The summed E-state index contributed by atoms with van der Waals surface area (Å²) in [4.78, 5) is 23.0. The molecule has 1 rings (SSSR count). The molecule has 0 bridgehead atoms. The standard InChI is InChI=1S/C14H20FN3O2.ClH/c1-10(16)5-6-17-14(20)9-18-13(19)8-11-3-2-4-12(15)7-11;/h2-4,7,10H,5-6,8-9,16H2,1H3,(H,17,20)(H,18,19);1H. The van der Waals surface area contributed by atoms with Crippen LogP contribution in [0.2, 0.25) is 0 Å². The van der Waals surface area contributed by atoms with Crippen LogP contribution in [0.25, 0.3) is 0 Å². The van der Waals surface area contributed by atoms with Gasteiger partial charge in [-0.1, -0.05) is 12.1 Å². The summed E-state index contributed by atoms with van der Waals surface area (Å²) < 4.78 is 12.9. The lowest BCUT2D eigenvalue weighted by molar-refractivity contribution is -0.125. The smallest absolute Gasteiger partial charge is 0.239 e. The van der Waals surface area contributed by atoms with E-state index in [-0.39, 0.29) is 49.0 Å². The highest BCUT2D eigenvalue weighted by molar-refractivity contribution is 5.85. The average molecular weight is 318 g/mol.